The maximum Gasteiger partial charge on any atom is 0.416 e. The van der Waals surface area contributed by atoms with Gasteiger partial charge in [-0.05, 0) is 61.8 Å². The van der Waals surface area contributed by atoms with Crippen LogP contribution >= 0.6 is 11.6 Å². The Morgan fingerprint density at radius 3 is 2.37 bits per heavy atom. The Bertz CT molecular complexity index is 905. The van der Waals surface area contributed by atoms with E-state index in [1.165, 1.54) is 6.07 Å². The smallest absolute Gasteiger partial charge is 0.371 e. The maximum atomic E-state index is 13.0. The highest BCUT2D eigenvalue weighted by molar-refractivity contribution is 6.31. The zero-order chi connectivity index (χ0) is 21.8. The molecule has 2 heterocycles. The summed E-state index contributed by atoms with van der Waals surface area (Å²) in [7, 11) is 0. The highest BCUT2D eigenvalue weighted by Crippen LogP contribution is 2.36. The van der Waals surface area contributed by atoms with Crippen LogP contribution in [0.3, 0.4) is 0 Å². The van der Waals surface area contributed by atoms with Gasteiger partial charge in [0.2, 0.25) is 0 Å². The van der Waals surface area contributed by atoms with Gasteiger partial charge in [0, 0.05) is 5.02 Å². The number of piperidine rings is 1. The summed E-state index contributed by atoms with van der Waals surface area (Å²) in [6, 6.07) is 11.2. The second kappa shape index (κ2) is 9.27. The largest absolute Gasteiger partial charge is 0.416 e. The summed E-state index contributed by atoms with van der Waals surface area (Å²) in [5.74, 6) is 0.737. The van der Waals surface area contributed by atoms with Crippen molar-refractivity contribution in [3.05, 3.63) is 58.6 Å². The number of nitrogens with one attached hydrogen (secondary N) is 3. The minimum Gasteiger partial charge on any atom is -0.371 e. The van der Waals surface area contributed by atoms with Crippen molar-refractivity contribution in [2.45, 2.75) is 44.9 Å². The number of aliphatic imine (C=N–C) groups is 1. The van der Waals surface area contributed by atoms with E-state index in [1.807, 2.05) is 38.1 Å². The Morgan fingerprint density at radius 2 is 1.70 bits per heavy atom. The molecule has 0 aliphatic carbocycles. The predicted molar refractivity (Wildman–Crippen MR) is 117 cm³/mol. The molecular weight excluding hydrogens is 413 g/mol. The molecule has 1 saturated heterocycles. The van der Waals surface area contributed by atoms with Crippen molar-refractivity contribution in [3.63, 3.8) is 0 Å². The Balaban J connectivity index is 0.00000124. The molecule has 0 atom stereocenters. The number of benzene rings is 2. The number of halogens is 4. The number of amidine groups is 1. The third-order valence-corrected chi connectivity index (χ3v) is 5.61. The average molecular weight is 439 g/mol. The standard InChI is InChI=1S/C20H20ClF3N4.C2H6/c21-15-6-5-14(20(22,23)24)11-13(15)12-26-18-19(7-9-25-10-8-19)28-17-4-2-1-3-16(17)27-18;1-2/h1-6,11,25,28H,7-10,12H2,(H,26,27);1-2H3. The van der Waals surface area contributed by atoms with E-state index in [2.05, 4.69) is 20.9 Å². The van der Waals surface area contributed by atoms with Crippen LogP contribution in [0.2, 0.25) is 5.02 Å². The maximum absolute atomic E-state index is 13.0. The molecule has 0 aromatic heterocycles. The van der Waals surface area contributed by atoms with Crippen molar-refractivity contribution >= 4 is 28.8 Å². The average Bonchev–Trinajstić information content (AvgIpc) is 2.74. The number of fused-ring (bicyclic) bond motifs is 1. The molecule has 8 heteroatoms. The topological polar surface area (TPSA) is 48.5 Å². The molecular formula is C22H26ClF3N4. The summed E-state index contributed by atoms with van der Waals surface area (Å²) in [5.41, 5.74) is 1.17. The van der Waals surface area contributed by atoms with Crippen LogP contribution < -0.4 is 16.0 Å². The Morgan fingerprint density at radius 1 is 1.03 bits per heavy atom. The number of hydrogen-bond donors (Lipinski definition) is 3. The number of alkyl halides is 3. The number of nitrogens with zero attached hydrogens (tertiary/aromatic N) is 1. The second-order valence-electron chi connectivity index (χ2n) is 7.10. The fourth-order valence-electron chi connectivity index (χ4n) is 3.71. The first kappa shape index (κ1) is 22.4. The van der Waals surface area contributed by atoms with Crippen LogP contribution in [-0.2, 0) is 12.7 Å². The highest BCUT2D eigenvalue weighted by atomic mass is 35.5. The van der Waals surface area contributed by atoms with Gasteiger partial charge < -0.3 is 16.0 Å². The summed E-state index contributed by atoms with van der Waals surface area (Å²) in [5, 5.41) is 10.6. The molecule has 2 aliphatic rings. The van der Waals surface area contributed by atoms with E-state index in [4.69, 9.17) is 11.6 Å². The highest BCUT2D eigenvalue weighted by Gasteiger charge is 2.40. The van der Waals surface area contributed by atoms with E-state index >= 15 is 0 Å². The van der Waals surface area contributed by atoms with Crippen molar-refractivity contribution in [2.24, 2.45) is 4.99 Å². The summed E-state index contributed by atoms with van der Waals surface area (Å²) in [4.78, 5) is 4.68. The molecule has 0 saturated carbocycles. The molecule has 30 heavy (non-hydrogen) atoms. The van der Waals surface area contributed by atoms with E-state index in [0.29, 0.717) is 5.56 Å². The fourth-order valence-corrected chi connectivity index (χ4v) is 3.89. The van der Waals surface area contributed by atoms with Crippen molar-refractivity contribution < 1.29 is 13.2 Å². The van der Waals surface area contributed by atoms with Gasteiger partial charge in [-0.25, -0.2) is 0 Å². The molecule has 0 bridgehead atoms. The molecule has 4 nitrogen and oxygen atoms in total. The Labute approximate surface area is 179 Å². The van der Waals surface area contributed by atoms with Gasteiger partial charge in [0.15, 0.2) is 0 Å². The van der Waals surface area contributed by atoms with Crippen LogP contribution in [0, 0.1) is 0 Å². The van der Waals surface area contributed by atoms with Crippen LogP contribution in [-0.4, -0.2) is 24.5 Å². The quantitative estimate of drug-likeness (QED) is 0.543. The molecule has 162 valence electrons. The Kier molecular flexibility index (Phi) is 6.93. The molecule has 0 amide bonds. The third-order valence-electron chi connectivity index (χ3n) is 5.25. The van der Waals surface area contributed by atoms with Crippen molar-refractivity contribution in [1.82, 2.24) is 5.32 Å². The molecule has 0 unspecified atom stereocenters. The van der Waals surface area contributed by atoms with E-state index in [-0.39, 0.29) is 17.1 Å². The van der Waals surface area contributed by atoms with Crippen LogP contribution in [0.5, 0.6) is 0 Å². The van der Waals surface area contributed by atoms with E-state index < -0.39 is 11.7 Å². The van der Waals surface area contributed by atoms with Crippen LogP contribution in [0.15, 0.2) is 47.5 Å². The van der Waals surface area contributed by atoms with Gasteiger partial charge in [0.1, 0.15) is 5.84 Å². The first-order valence-corrected chi connectivity index (χ1v) is 10.5. The molecule has 4 rings (SSSR count). The normalized spacial score (nSPS) is 18.7. The first-order chi connectivity index (χ1) is 14.4. The summed E-state index contributed by atoms with van der Waals surface area (Å²) < 4.78 is 39.1. The van der Waals surface area contributed by atoms with Crippen LogP contribution in [0.25, 0.3) is 0 Å². The number of para-hydroxylation sites is 2. The summed E-state index contributed by atoms with van der Waals surface area (Å²) >= 11 is 6.14. The van der Waals surface area contributed by atoms with E-state index in [9.17, 15) is 13.2 Å². The minimum atomic E-state index is -4.41. The lowest BCUT2D eigenvalue weighted by molar-refractivity contribution is -0.137. The van der Waals surface area contributed by atoms with Gasteiger partial charge in [-0.3, -0.25) is 4.99 Å². The predicted octanol–water partition coefficient (Wildman–Crippen LogP) is 5.94. The Hall–Kier alpha value is -2.25. The second-order valence-corrected chi connectivity index (χ2v) is 7.50. The molecule has 1 fully saturated rings. The summed E-state index contributed by atoms with van der Waals surface area (Å²) in [6.45, 7) is 5.74. The zero-order valence-electron chi connectivity index (χ0n) is 17.0. The summed E-state index contributed by atoms with van der Waals surface area (Å²) in [6.07, 6.45) is -2.76. The van der Waals surface area contributed by atoms with E-state index in [1.54, 1.807) is 0 Å². The van der Waals surface area contributed by atoms with Gasteiger partial charge in [-0.15, -0.1) is 0 Å². The third kappa shape index (κ3) is 4.73. The number of hydrogen-bond acceptors (Lipinski definition) is 3. The van der Waals surface area contributed by atoms with Crippen molar-refractivity contribution in [1.29, 1.82) is 0 Å². The van der Waals surface area contributed by atoms with Crippen molar-refractivity contribution in [3.8, 4) is 0 Å². The first-order valence-electron chi connectivity index (χ1n) is 10.1. The molecule has 0 radical (unpaired) electrons. The monoisotopic (exact) mass is 438 g/mol. The lowest BCUT2D eigenvalue weighted by atomic mass is 9.84. The molecule has 3 N–H and O–H groups in total. The number of anilines is 2. The van der Waals surface area contributed by atoms with E-state index in [0.717, 1.165) is 55.3 Å². The van der Waals surface area contributed by atoms with Crippen LogP contribution in [0.1, 0.15) is 37.8 Å². The molecule has 1 spiro atoms. The lowest BCUT2D eigenvalue weighted by Gasteiger charge is -2.44. The lowest BCUT2D eigenvalue weighted by Crippen LogP contribution is -2.57. The van der Waals surface area contributed by atoms with Gasteiger partial charge in [-0.2, -0.15) is 13.2 Å². The SMILES string of the molecule is CC.FC(F)(F)c1ccc(Cl)c(CN=C2Nc3ccccc3NC23CCNCC3)c1. The van der Waals surface area contributed by atoms with Crippen molar-refractivity contribution in [2.75, 3.05) is 23.7 Å². The van der Waals surface area contributed by atoms with Gasteiger partial charge in [0.25, 0.3) is 0 Å². The van der Waals surface area contributed by atoms with Gasteiger partial charge in [-0.1, -0.05) is 37.6 Å². The minimum absolute atomic E-state index is 0.0735. The molecule has 2 aromatic carbocycles. The van der Waals surface area contributed by atoms with Crippen LogP contribution in [0.4, 0.5) is 24.5 Å². The number of rotatable bonds is 2. The van der Waals surface area contributed by atoms with Gasteiger partial charge in [0.05, 0.1) is 29.0 Å². The zero-order valence-corrected chi connectivity index (χ0v) is 17.8. The fraction of sp³-hybridized carbons (Fsp3) is 0.409. The molecule has 2 aliphatic heterocycles. The van der Waals surface area contributed by atoms with Gasteiger partial charge >= 0.3 is 6.18 Å². The molecule has 2 aromatic rings.